The number of rotatable bonds is 18. The smallest absolute Gasteiger partial charge is 0.254 e. The minimum atomic E-state index is -0.527. The number of amides is 6. The number of nitrogens with two attached hydrogens (primary N) is 3. The number of nitrogens with zero attached hydrogens (tertiary/aromatic N) is 9. The van der Waals surface area contributed by atoms with Crippen molar-refractivity contribution in [3.05, 3.63) is 218 Å². The van der Waals surface area contributed by atoms with Crippen molar-refractivity contribution in [1.82, 2.24) is 44.0 Å². The molecule has 6 amide bonds. The fourth-order valence-corrected chi connectivity index (χ4v) is 13.6. The molecule has 6 aliphatic rings. The van der Waals surface area contributed by atoms with Gasteiger partial charge >= 0.3 is 0 Å². The van der Waals surface area contributed by atoms with Crippen LogP contribution in [0.1, 0.15) is 68.5 Å². The maximum atomic E-state index is 12.4. The summed E-state index contributed by atoms with van der Waals surface area (Å²) in [4.78, 5) is 78.1. The minimum absolute atomic E-state index is 0.0581. The summed E-state index contributed by atoms with van der Waals surface area (Å²) in [6.07, 6.45) is 6.59. The highest BCUT2D eigenvalue weighted by Gasteiger charge is 2.44. The molecule has 3 saturated heterocycles. The van der Waals surface area contributed by atoms with Crippen LogP contribution in [0.4, 0.5) is 17.5 Å². The van der Waals surface area contributed by atoms with Gasteiger partial charge < -0.3 is 62.1 Å². The predicted octanol–water partition coefficient (Wildman–Crippen LogP) is 10.3. The number of fused-ring (bicyclic) bond motifs is 3. The van der Waals surface area contributed by atoms with Gasteiger partial charge in [-0.15, -0.1) is 0 Å². The van der Waals surface area contributed by atoms with E-state index in [1.54, 1.807) is 14.7 Å². The van der Waals surface area contributed by atoms with Crippen LogP contribution in [-0.2, 0) is 14.4 Å². The summed E-state index contributed by atoms with van der Waals surface area (Å²) in [7, 11) is 0. The van der Waals surface area contributed by atoms with Gasteiger partial charge in [0.1, 0.15) is 85.7 Å². The van der Waals surface area contributed by atoms with Crippen LogP contribution in [0.5, 0.6) is 34.5 Å². The summed E-state index contributed by atoms with van der Waals surface area (Å²) in [5.41, 5.74) is 22.5. The molecule has 3 unspecified atom stereocenters. The van der Waals surface area contributed by atoms with Gasteiger partial charge in [-0.1, -0.05) is 74.3 Å². The Morgan fingerprint density at radius 2 is 0.596 bits per heavy atom. The largest absolute Gasteiger partial charge is 0.457 e. The lowest BCUT2D eigenvalue weighted by Gasteiger charge is -2.44. The highest BCUT2D eigenvalue weighted by Crippen LogP contribution is 2.44. The Bertz CT molecular complexity index is 4050. The number of benzene rings is 6. The van der Waals surface area contributed by atoms with Crippen molar-refractivity contribution in [2.24, 2.45) is 35.0 Å². The van der Waals surface area contributed by atoms with E-state index >= 15 is 0 Å². The lowest BCUT2D eigenvalue weighted by Crippen LogP contribution is -2.53. The van der Waals surface area contributed by atoms with Crippen LogP contribution >= 0.6 is 0 Å². The van der Waals surface area contributed by atoms with Crippen molar-refractivity contribution in [3.8, 4) is 68.3 Å². The second-order valence-corrected chi connectivity index (χ2v) is 24.9. The van der Waals surface area contributed by atoms with E-state index < -0.39 is 17.7 Å². The van der Waals surface area contributed by atoms with Gasteiger partial charge in [-0.25, -0.2) is 14.0 Å². The fourth-order valence-electron chi connectivity index (χ4n) is 13.6. The van der Waals surface area contributed by atoms with E-state index in [0.717, 1.165) is 53.2 Å². The summed E-state index contributed by atoms with van der Waals surface area (Å²) in [6.45, 7) is 16.7. The molecule has 6 aliphatic heterocycles. The van der Waals surface area contributed by atoms with Gasteiger partial charge in [0.05, 0.1) is 18.1 Å². The molecule has 3 fully saturated rings. The molecule has 0 radical (unpaired) electrons. The molecule has 3 aromatic heterocycles. The normalized spacial score (nSPS) is 17.5. The van der Waals surface area contributed by atoms with Crippen LogP contribution < -0.4 is 47.4 Å². The van der Waals surface area contributed by atoms with Gasteiger partial charge in [-0.2, -0.15) is 15.3 Å². The van der Waals surface area contributed by atoms with Crippen LogP contribution in [0.3, 0.4) is 0 Å². The van der Waals surface area contributed by atoms with Crippen LogP contribution in [0, 0.1) is 17.8 Å². The monoisotopic (exact) mass is 1330 g/mol. The number of hydrogen-bond acceptors (Lipinski definition) is 15. The van der Waals surface area contributed by atoms with Gasteiger partial charge in [-0.3, -0.25) is 28.8 Å². The van der Waals surface area contributed by atoms with Crippen molar-refractivity contribution >= 4 is 52.9 Å². The Kier molecular flexibility index (Phi) is 18.9. The third kappa shape index (κ3) is 13.7. The number of hydrogen-bond donors (Lipinski definition) is 6. The molecule has 504 valence electrons. The molecular weight excluding hydrogens is 1250 g/mol. The van der Waals surface area contributed by atoms with Crippen LogP contribution in [-0.4, -0.2) is 138 Å². The Morgan fingerprint density at radius 1 is 0.364 bits per heavy atom. The van der Waals surface area contributed by atoms with Gasteiger partial charge in [0, 0.05) is 93.3 Å². The molecule has 0 aliphatic carbocycles. The third-order valence-corrected chi connectivity index (χ3v) is 18.8. The zero-order chi connectivity index (χ0) is 68.8. The number of likely N-dealkylation sites (tertiary alicyclic amines) is 3. The quantitative estimate of drug-likeness (QED) is 0.0435. The predicted molar refractivity (Wildman–Crippen MR) is 375 cm³/mol. The number of aromatic nitrogens is 6. The molecule has 99 heavy (non-hydrogen) atoms. The zero-order valence-corrected chi connectivity index (χ0v) is 54.3. The van der Waals surface area contributed by atoms with E-state index in [9.17, 15) is 28.8 Å². The van der Waals surface area contributed by atoms with Gasteiger partial charge in [0.25, 0.3) is 17.7 Å². The molecule has 24 nitrogen and oxygen atoms in total. The molecule has 0 saturated carbocycles. The Hall–Kier alpha value is -12.2. The maximum Gasteiger partial charge on any atom is 0.254 e. The summed E-state index contributed by atoms with van der Waals surface area (Å²) in [6, 6.07) is 51.2. The third-order valence-electron chi connectivity index (χ3n) is 18.8. The van der Waals surface area contributed by atoms with Crippen molar-refractivity contribution in [1.29, 1.82) is 0 Å². The number of anilines is 3. The molecule has 0 spiro atoms. The van der Waals surface area contributed by atoms with Crippen LogP contribution in [0.25, 0.3) is 33.8 Å². The number of carbonyl (C=O) groups excluding carboxylic acids is 6. The molecule has 15 rings (SSSR count). The SMILES string of the molecule is C=CC(=O)N1CC(C2CCNc3c(C(N)=O)c(-c4ccc(Oc5ccccc5)cc4)nn32)C1.C=CC(=O)N1CC(C2CCNc3c(C(N)=O)c(-c4ccc(Oc5ccccc5)cc4)nn32)C1.C=CC(=O)N1CC(C2CCNc3c(C(N)=O)c(-c4ccc(Oc5ccccc5)cc4)nn32)C1. The van der Waals surface area contributed by atoms with E-state index in [1.165, 1.54) is 18.2 Å². The first kappa shape index (κ1) is 65.5. The van der Waals surface area contributed by atoms with E-state index in [0.29, 0.717) is 127 Å². The number of primary amides is 3. The van der Waals surface area contributed by atoms with E-state index in [4.69, 9.17) is 46.7 Å². The summed E-state index contributed by atoms with van der Waals surface area (Å²) in [5.74, 6) is 5.29. The van der Waals surface area contributed by atoms with Gasteiger partial charge in [-0.05, 0) is 147 Å². The average Bonchev–Trinajstić information content (AvgIpc) is 1.63. The first-order chi connectivity index (χ1) is 48.1. The Morgan fingerprint density at radius 3 is 0.818 bits per heavy atom. The van der Waals surface area contributed by atoms with Crippen molar-refractivity contribution < 1.29 is 43.0 Å². The van der Waals surface area contributed by atoms with Crippen LogP contribution in [0.15, 0.2) is 202 Å². The number of ether oxygens (including phenoxy) is 3. The summed E-state index contributed by atoms with van der Waals surface area (Å²) >= 11 is 0. The average molecular weight is 1330 g/mol. The molecule has 9 aromatic rings. The van der Waals surface area contributed by atoms with Crippen molar-refractivity contribution in [3.63, 3.8) is 0 Å². The molecule has 3 atom stereocenters. The molecule has 9 heterocycles. The fraction of sp³-hybridized carbons (Fsp3) is 0.240. The van der Waals surface area contributed by atoms with E-state index in [2.05, 4.69) is 35.7 Å². The van der Waals surface area contributed by atoms with Crippen LogP contribution in [0.2, 0.25) is 0 Å². The van der Waals surface area contributed by atoms with Crippen molar-refractivity contribution in [2.45, 2.75) is 37.4 Å². The second-order valence-electron chi connectivity index (χ2n) is 24.9. The topological polar surface area (TPSA) is 307 Å². The van der Waals surface area contributed by atoms with Crippen molar-refractivity contribution in [2.75, 3.05) is 74.9 Å². The Labute approximate surface area is 571 Å². The first-order valence-electron chi connectivity index (χ1n) is 32.9. The number of carbonyl (C=O) groups is 6. The zero-order valence-electron chi connectivity index (χ0n) is 54.3. The Balaban J connectivity index is 0.000000133. The molecule has 0 bridgehead atoms. The second kappa shape index (κ2) is 28.6. The minimum Gasteiger partial charge on any atom is -0.457 e. The standard InChI is InChI=1S/3C25H25N5O3/c3*1-2-21(31)29-14-17(15-29)20-12-13-27-25-22(24(26)32)23(28-30(20)25)16-8-10-19(11-9-16)33-18-6-4-3-5-7-18/h3*2-11,17,20,27H,1,12-15H2,(H2,26,32). The maximum absolute atomic E-state index is 12.4. The molecule has 24 heteroatoms. The first-order valence-corrected chi connectivity index (χ1v) is 32.9. The molecule has 6 aromatic carbocycles. The number of nitrogens with one attached hydrogen (secondary N) is 3. The highest BCUT2D eigenvalue weighted by atomic mass is 16.5. The summed E-state index contributed by atoms with van der Waals surface area (Å²) < 4.78 is 23.3. The molecular formula is C75H75N15O9. The lowest BCUT2D eigenvalue weighted by atomic mass is 9.88. The molecule has 9 N–H and O–H groups in total. The highest BCUT2D eigenvalue weighted by molar-refractivity contribution is 6.05. The van der Waals surface area contributed by atoms with Gasteiger partial charge in [0.2, 0.25) is 17.7 Å². The van der Waals surface area contributed by atoms with E-state index in [1.807, 2.05) is 178 Å². The number of para-hydroxylation sites is 3. The van der Waals surface area contributed by atoms with E-state index in [-0.39, 0.29) is 53.6 Å². The van der Waals surface area contributed by atoms with Gasteiger partial charge in [0.15, 0.2) is 0 Å². The summed E-state index contributed by atoms with van der Waals surface area (Å²) in [5, 5.41) is 24.4. The lowest BCUT2D eigenvalue weighted by molar-refractivity contribution is -0.134.